The van der Waals surface area contributed by atoms with E-state index in [0.29, 0.717) is 41.7 Å². The van der Waals surface area contributed by atoms with Crippen LogP contribution in [0.4, 0.5) is 0 Å². The maximum absolute atomic E-state index is 13.3. The first kappa shape index (κ1) is 17.4. The molecule has 136 valence electrons. The first-order valence-corrected chi connectivity index (χ1v) is 8.89. The van der Waals surface area contributed by atoms with Gasteiger partial charge in [0.2, 0.25) is 5.78 Å². The lowest BCUT2D eigenvalue weighted by Gasteiger charge is -2.17. The van der Waals surface area contributed by atoms with Gasteiger partial charge in [-0.2, -0.15) is 0 Å². The maximum atomic E-state index is 13.3. The number of aromatic nitrogens is 2. The Morgan fingerprint density at radius 3 is 2.52 bits per heavy atom. The third-order valence-corrected chi connectivity index (χ3v) is 5.23. The molecular weight excluding hydrogens is 342 g/mol. The SMILES string of the molecule is COCCC1=[N+](C)C(Cc2cnccn2)C2=C1C(=O)c1ccccc1C2=O. The second kappa shape index (κ2) is 6.96. The number of nitrogens with zero attached hydrogens (tertiary/aromatic N) is 3. The van der Waals surface area contributed by atoms with Crippen molar-refractivity contribution >= 4 is 17.3 Å². The van der Waals surface area contributed by atoms with Gasteiger partial charge in [0.25, 0.3) is 0 Å². The summed E-state index contributed by atoms with van der Waals surface area (Å²) in [6.45, 7) is 0.484. The number of carbonyl (C=O) groups excluding carboxylic acids is 2. The van der Waals surface area contributed by atoms with E-state index in [0.717, 1.165) is 11.4 Å². The summed E-state index contributed by atoms with van der Waals surface area (Å²) in [6, 6.07) is 6.80. The monoisotopic (exact) mass is 362 g/mol. The average Bonchev–Trinajstić information content (AvgIpc) is 2.97. The van der Waals surface area contributed by atoms with Crippen molar-refractivity contribution in [1.29, 1.82) is 0 Å². The van der Waals surface area contributed by atoms with Gasteiger partial charge in [-0.1, -0.05) is 24.3 Å². The normalized spacial score (nSPS) is 18.8. The Kier molecular flexibility index (Phi) is 4.49. The van der Waals surface area contributed by atoms with Crippen LogP contribution in [0.25, 0.3) is 0 Å². The number of benzene rings is 1. The van der Waals surface area contributed by atoms with Gasteiger partial charge in [-0.15, -0.1) is 0 Å². The third kappa shape index (κ3) is 2.82. The van der Waals surface area contributed by atoms with Crippen LogP contribution < -0.4 is 0 Å². The van der Waals surface area contributed by atoms with Crippen LogP contribution in [0.2, 0.25) is 0 Å². The molecule has 2 heterocycles. The first-order chi connectivity index (χ1) is 13.1. The highest BCUT2D eigenvalue weighted by Crippen LogP contribution is 2.35. The molecule has 2 aromatic rings. The highest BCUT2D eigenvalue weighted by atomic mass is 16.5. The number of carbonyl (C=O) groups is 2. The zero-order chi connectivity index (χ0) is 19.0. The van der Waals surface area contributed by atoms with Gasteiger partial charge < -0.3 is 4.74 Å². The van der Waals surface area contributed by atoms with Crippen LogP contribution in [0.15, 0.2) is 54.0 Å². The molecule has 4 rings (SSSR count). The molecule has 0 N–H and O–H groups in total. The van der Waals surface area contributed by atoms with E-state index >= 15 is 0 Å². The van der Waals surface area contributed by atoms with Crippen molar-refractivity contribution in [3.63, 3.8) is 0 Å². The average molecular weight is 362 g/mol. The van der Waals surface area contributed by atoms with Gasteiger partial charge in [-0.3, -0.25) is 19.6 Å². The smallest absolute Gasteiger partial charge is 0.200 e. The molecule has 0 fully saturated rings. The van der Waals surface area contributed by atoms with Crippen molar-refractivity contribution in [3.8, 4) is 0 Å². The van der Waals surface area contributed by atoms with Gasteiger partial charge >= 0.3 is 0 Å². The summed E-state index contributed by atoms with van der Waals surface area (Å²) < 4.78 is 7.26. The van der Waals surface area contributed by atoms with E-state index in [1.807, 2.05) is 11.6 Å². The van der Waals surface area contributed by atoms with Gasteiger partial charge in [-0.05, 0) is 0 Å². The lowest BCUT2D eigenvalue weighted by Crippen LogP contribution is -2.30. The van der Waals surface area contributed by atoms with Crippen LogP contribution in [0.3, 0.4) is 0 Å². The van der Waals surface area contributed by atoms with Crippen LogP contribution in [-0.2, 0) is 11.2 Å². The molecule has 27 heavy (non-hydrogen) atoms. The summed E-state index contributed by atoms with van der Waals surface area (Å²) in [5, 5.41) is 0. The molecule has 1 atom stereocenters. The van der Waals surface area contributed by atoms with Crippen LogP contribution in [-0.4, -0.2) is 58.6 Å². The van der Waals surface area contributed by atoms with Crippen LogP contribution in [0.1, 0.15) is 32.8 Å². The van der Waals surface area contributed by atoms with Gasteiger partial charge in [0, 0.05) is 36.8 Å². The molecule has 0 saturated heterocycles. The largest absolute Gasteiger partial charge is 0.384 e. The molecule has 1 aromatic carbocycles. The molecule has 0 bridgehead atoms. The van der Waals surface area contributed by atoms with E-state index in [1.54, 1.807) is 50.0 Å². The van der Waals surface area contributed by atoms with E-state index in [4.69, 9.17) is 4.74 Å². The number of rotatable bonds is 5. The quantitative estimate of drug-likeness (QED) is 0.760. The van der Waals surface area contributed by atoms with Crippen molar-refractivity contribution in [1.82, 2.24) is 9.97 Å². The second-order valence-corrected chi connectivity index (χ2v) is 6.71. The number of Topliss-reactive ketones (excluding diaryl/α,β-unsaturated/α-hetero) is 2. The minimum absolute atomic E-state index is 0.0756. The number of ketones is 2. The molecule has 6 heteroatoms. The van der Waals surface area contributed by atoms with E-state index in [-0.39, 0.29) is 17.6 Å². The zero-order valence-corrected chi connectivity index (χ0v) is 15.3. The predicted octanol–water partition coefficient (Wildman–Crippen LogP) is 1.90. The van der Waals surface area contributed by atoms with Crippen LogP contribution >= 0.6 is 0 Å². The number of ether oxygens (including phenoxy) is 1. The van der Waals surface area contributed by atoms with E-state index < -0.39 is 0 Å². The summed E-state index contributed by atoms with van der Waals surface area (Å²) in [7, 11) is 3.56. The van der Waals surface area contributed by atoms with Crippen molar-refractivity contribution in [2.75, 3.05) is 20.8 Å². The highest BCUT2D eigenvalue weighted by molar-refractivity contribution is 6.37. The van der Waals surface area contributed by atoms with Gasteiger partial charge in [0.1, 0.15) is 12.6 Å². The number of hydrogen-bond acceptors (Lipinski definition) is 5. The van der Waals surface area contributed by atoms with Gasteiger partial charge in [0.15, 0.2) is 17.5 Å². The molecule has 1 unspecified atom stereocenters. The molecule has 0 spiro atoms. The van der Waals surface area contributed by atoms with E-state index in [1.165, 1.54) is 0 Å². The van der Waals surface area contributed by atoms with Crippen molar-refractivity contribution < 1.29 is 18.9 Å². The number of fused-ring (bicyclic) bond motifs is 1. The fraction of sp³-hybridized carbons (Fsp3) is 0.286. The topological polar surface area (TPSA) is 72.2 Å². The standard InChI is InChI=1S/C21H20N3O3/c1-24-16(7-10-27-2)18-19(17(24)11-13-12-22-8-9-23-13)21(26)15-6-4-3-5-14(15)20(18)25/h3-6,8-9,12,17H,7,10-11H2,1-2H3/q+1. The van der Waals surface area contributed by atoms with Crippen LogP contribution in [0.5, 0.6) is 0 Å². The second-order valence-electron chi connectivity index (χ2n) is 6.71. The molecule has 0 saturated carbocycles. The summed E-state index contributed by atoms with van der Waals surface area (Å²) in [4.78, 5) is 35.0. The maximum Gasteiger partial charge on any atom is 0.200 e. The minimum Gasteiger partial charge on any atom is -0.384 e. The minimum atomic E-state index is -0.242. The lowest BCUT2D eigenvalue weighted by atomic mass is 9.80. The molecule has 1 aliphatic heterocycles. The third-order valence-electron chi connectivity index (χ3n) is 5.23. The molecule has 6 nitrogen and oxygen atoms in total. The molecule has 2 aliphatic rings. The molecular formula is C21H20N3O3+. The number of methoxy groups -OCH3 is 1. The van der Waals surface area contributed by atoms with E-state index in [9.17, 15) is 9.59 Å². The summed E-state index contributed by atoms with van der Waals surface area (Å²) in [5.41, 5.74) is 3.70. The molecule has 1 aromatic heterocycles. The predicted molar refractivity (Wildman–Crippen MR) is 99.3 cm³/mol. The van der Waals surface area contributed by atoms with Gasteiger partial charge in [-0.25, -0.2) is 4.58 Å². The van der Waals surface area contributed by atoms with Crippen molar-refractivity contribution in [2.24, 2.45) is 0 Å². The molecule has 1 aliphatic carbocycles. The highest BCUT2D eigenvalue weighted by Gasteiger charge is 2.48. The Labute approximate surface area is 157 Å². The summed E-state index contributed by atoms with van der Waals surface area (Å²) in [5.74, 6) is -0.159. The number of allylic oxidation sites excluding steroid dienone is 1. The summed E-state index contributed by atoms with van der Waals surface area (Å²) >= 11 is 0. The Morgan fingerprint density at radius 1 is 1.11 bits per heavy atom. The van der Waals surface area contributed by atoms with Gasteiger partial charge in [0.05, 0.1) is 30.7 Å². The lowest BCUT2D eigenvalue weighted by molar-refractivity contribution is -0.523. The van der Waals surface area contributed by atoms with Crippen LogP contribution in [0, 0.1) is 0 Å². The molecule has 0 radical (unpaired) electrons. The molecule has 0 amide bonds. The fourth-order valence-corrected chi connectivity index (χ4v) is 3.93. The Bertz CT molecular complexity index is 993. The van der Waals surface area contributed by atoms with Crippen molar-refractivity contribution in [3.05, 3.63) is 70.8 Å². The summed E-state index contributed by atoms with van der Waals surface area (Å²) in [6.07, 6.45) is 6.04. The first-order valence-electron chi connectivity index (χ1n) is 8.89. The van der Waals surface area contributed by atoms with E-state index in [2.05, 4.69) is 9.97 Å². The van der Waals surface area contributed by atoms with Crippen molar-refractivity contribution in [2.45, 2.75) is 18.9 Å². The Hall–Kier alpha value is -2.99. The fourth-order valence-electron chi connectivity index (χ4n) is 3.93. The Morgan fingerprint density at radius 2 is 1.85 bits per heavy atom. The Balaban J connectivity index is 1.84. The zero-order valence-electron chi connectivity index (χ0n) is 15.3. The number of likely N-dealkylation sites (N-methyl/N-ethyl adjacent to an activating group) is 1. The number of hydrogen-bond donors (Lipinski definition) is 0.